The van der Waals surface area contributed by atoms with E-state index in [1.165, 1.54) is 0 Å². The second-order valence-corrected chi connectivity index (χ2v) is 7.29. The van der Waals surface area contributed by atoms with Crippen molar-refractivity contribution in [3.63, 3.8) is 0 Å². The number of aliphatic carboxylic acids is 1. The average Bonchev–Trinajstić information content (AvgIpc) is 2.76. The van der Waals surface area contributed by atoms with Gasteiger partial charge in [-0.15, -0.1) is 0 Å². The lowest BCUT2D eigenvalue weighted by Gasteiger charge is -2.16. The van der Waals surface area contributed by atoms with Gasteiger partial charge in [0.25, 0.3) is 0 Å². The van der Waals surface area contributed by atoms with Crippen molar-refractivity contribution >= 4 is 12.0 Å². The van der Waals surface area contributed by atoms with Gasteiger partial charge in [0.1, 0.15) is 5.75 Å². The molecule has 0 radical (unpaired) electrons. The summed E-state index contributed by atoms with van der Waals surface area (Å²) in [5.74, 6) is -0.246. The summed E-state index contributed by atoms with van der Waals surface area (Å²) in [5.41, 5.74) is 5.37. The van der Waals surface area contributed by atoms with Gasteiger partial charge in [-0.05, 0) is 41.3 Å². The Morgan fingerprint density at radius 2 is 1.61 bits per heavy atom. The lowest BCUT2D eigenvalue weighted by atomic mass is 9.95. The van der Waals surface area contributed by atoms with Crippen LogP contribution < -0.4 is 15.4 Å². The van der Waals surface area contributed by atoms with Gasteiger partial charge in [0.15, 0.2) is 0 Å². The molecule has 31 heavy (non-hydrogen) atoms. The number of carbonyl (C=O) groups excluding carboxylic acids is 1. The zero-order valence-corrected chi connectivity index (χ0v) is 17.6. The molecule has 2 amide bonds. The van der Waals surface area contributed by atoms with E-state index in [1.54, 1.807) is 19.2 Å². The Kier molecular flexibility index (Phi) is 7.27. The van der Waals surface area contributed by atoms with Crippen molar-refractivity contribution in [3.05, 3.63) is 89.0 Å². The zero-order valence-electron chi connectivity index (χ0n) is 17.6. The van der Waals surface area contributed by atoms with Crippen LogP contribution in [0.3, 0.4) is 0 Å². The number of urea groups is 1. The summed E-state index contributed by atoms with van der Waals surface area (Å²) in [7, 11) is 1.58. The number of hydrogen-bond acceptors (Lipinski definition) is 3. The summed E-state index contributed by atoms with van der Waals surface area (Å²) >= 11 is 0. The molecule has 0 atom stereocenters. The Morgan fingerprint density at radius 1 is 0.871 bits per heavy atom. The Labute approximate surface area is 181 Å². The van der Waals surface area contributed by atoms with E-state index in [0.29, 0.717) is 24.4 Å². The molecule has 6 nitrogen and oxygen atoms in total. The van der Waals surface area contributed by atoms with Gasteiger partial charge in [0.05, 0.1) is 13.5 Å². The predicted molar refractivity (Wildman–Crippen MR) is 120 cm³/mol. The highest BCUT2D eigenvalue weighted by Gasteiger charge is 2.14. The highest BCUT2D eigenvalue weighted by molar-refractivity contribution is 5.78. The van der Waals surface area contributed by atoms with Crippen molar-refractivity contribution in [2.45, 2.75) is 26.4 Å². The summed E-state index contributed by atoms with van der Waals surface area (Å²) in [4.78, 5) is 23.4. The Morgan fingerprint density at radius 3 is 2.32 bits per heavy atom. The maximum Gasteiger partial charge on any atom is 0.315 e. The van der Waals surface area contributed by atoms with Crippen molar-refractivity contribution in [1.82, 2.24) is 10.6 Å². The number of benzene rings is 3. The second-order valence-electron chi connectivity index (χ2n) is 7.29. The molecule has 0 aliphatic rings. The van der Waals surface area contributed by atoms with E-state index in [0.717, 1.165) is 27.8 Å². The minimum atomic E-state index is -0.892. The number of amides is 2. The molecule has 0 saturated carbocycles. The predicted octanol–water partition coefficient (Wildman–Crippen LogP) is 4.30. The van der Waals surface area contributed by atoms with E-state index in [4.69, 9.17) is 9.84 Å². The van der Waals surface area contributed by atoms with Crippen molar-refractivity contribution in [3.8, 4) is 16.9 Å². The molecule has 0 aliphatic carbocycles. The van der Waals surface area contributed by atoms with E-state index in [9.17, 15) is 9.59 Å². The van der Waals surface area contributed by atoms with E-state index in [2.05, 4.69) is 10.6 Å². The normalized spacial score (nSPS) is 10.4. The molecule has 0 saturated heterocycles. The fraction of sp³-hybridized carbons (Fsp3) is 0.200. The van der Waals surface area contributed by atoms with Gasteiger partial charge >= 0.3 is 12.0 Å². The first-order valence-corrected chi connectivity index (χ1v) is 10.0. The topological polar surface area (TPSA) is 87.7 Å². The minimum Gasteiger partial charge on any atom is -0.496 e. The first kappa shape index (κ1) is 21.9. The van der Waals surface area contributed by atoms with Crippen molar-refractivity contribution in [2.24, 2.45) is 0 Å². The van der Waals surface area contributed by atoms with Crippen LogP contribution in [0.2, 0.25) is 0 Å². The molecule has 0 spiro atoms. The van der Waals surface area contributed by atoms with Gasteiger partial charge in [-0.1, -0.05) is 60.2 Å². The van der Waals surface area contributed by atoms with Crippen LogP contribution in [0.1, 0.15) is 22.3 Å². The second kappa shape index (κ2) is 10.3. The molecule has 3 aromatic rings. The molecule has 6 heteroatoms. The molecule has 3 rings (SSSR count). The monoisotopic (exact) mass is 418 g/mol. The van der Waals surface area contributed by atoms with E-state index >= 15 is 0 Å². The van der Waals surface area contributed by atoms with Gasteiger partial charge < -0.3 is 20.5 Å². The molecule has 0 aliphatic heterocycles. The maximum atomic E-state index is 12.3. The van der Waals surface area contributed by atoms with Crippen LogP contribution in [0, 0.1) is 6.92 Å². The molecular weight excluding hydrogens is 392 g/mol. The first-order chi connectivity index (χ1) is 15.0. The van der Waals surface area contributed by atoms with Crippen molar-refractivity contribution < 1.29 is 19.4 Å². The summed E-state index contributed by atoms with van der Waals surface area (Å²) < 4.78 is 5.51. The molecule has 160 valence electrons. The quantitative estimate of drug-likeness (QED) is 0.509. The summed E-state index contributed by atoms with van der Waals surface area (Å²) in [5, 5.41) is 14.9. The number of ether oxygens (including phenoxy) is 1. The lowest BCUT2D eigenvalue weighted by Crippen LogP contribution is -2.34. The van der Waals surface area contributed by atoms with E-state index < -0.39 is 5.97 Å². The number of methoxy groups -OCH3 is 1. The number of hydrogen-bond donors (Lipinski definition) is 3. The first-order valence-electron chi connectivity index (χ1n) is 10.0. The van der Waals surface area contributed by atoms with E-state index in [-0.39, 0.29) is 12.5 Å². The number of nitrogens with one attached hydrogen (secondary N) is 2. The SMILES string of the molecule is COc1ccc(CC(=O)O)cc1-c1ccc(C)cc1CNC(=O)NCc1ccccc1. The van der Waals surface area contributed by atoms with Crippen LogP contribution in [0.25, 0.3) is 11.1 Å². The number of aryl methyl sites for hydroxylation is 1. The molecule has 0 fully saturated rings. The maximum absolute atomic E-state index is 12.3. The summed E-state index contributed by atoms with van der Waals surface area (Å²) in [6, 6.07) is 20.8. The Hall–Kier alpha value is -3.80. The molecule has 3 N–H and O–H groups in total. The highest BCUT2D eigenvalue weighted by atomic mass is 16.5. The zero-order chi connectivity index (χ0) is 22.2. The van der Waals surface area contributed by atoms with Crippen molar-refractivity contribution in [2.75, 3.05) is 7.11 Å². The van der Waals surface area contributed by atoms with E-state index in [1.807, 2.05) is 61.5 Å². The standard InChI is InChI=1S/C25H26N2O4/c1-17-8-10-21(22-13-19(14-24(28)29)9-11-23(22)31-2)20(12-17)16-27-25(30)26-15-18-6-4-3-5-7-18/h3-13H,14-16H2,1-2H3,(H,28,29)(H2,26,27,30). The van der Waals surface area contributed by atoms with Crippen LogP contribution in [-0.4, -0.2) is 24.2 Å². The fourth-order valence-corrected chi connectivity index (χ4v) is 3.40. The van der Waals surface area contributed by atoms with Crippen LogP contribution in [0.4, 0.5) is 4.79 Å². The minimum absolute atomic E-state index is 0.0711. The van der Waals surface area contributed by atoms with Gasteiger partial charge in [0.2, 0.25) is 0 Å². The van der Waals surface area contributed by atoms with Crippen LogP contribution >= 0.6 is 0 Å². The number of carboxylic acid groups (broad SMARTS) is 1. The molecular formula is C25H26N2O4. The number of carbonyl (C=O) groups is 2. The third-order valence-corrected chi connectivity index (χ3v) is 4.91. The highest BCUT2D eigenvalue weighted by Crippen LogP contribution is 2.34. The fourth-order valence-electron chi connectivity index (χ4n) is 3.40. The van der Waals surface area contributed by atoms with Gasteiger partial charge in [-0.2, -0.15) is 0 Å². The van der Waals surface area contributed by atoms with Gasteiger partial charge in [-0.3, -0.25) is 4.79 Å². The average molecular weight is 418 g/mol. The number of rotatable bonds is 8. The Bertz CT molecular complexity index is 1060. The molecule has 0 aromatic heterocycles. The molecule has 0 bridgehead atoms. The summed E-state index contributed by atoms with van der Waals surface area (Å²) in [6.45, 7) is 2.75. The smallest absolute Gasteiger partial charge is 0.315 e. The number of carboxylic acids is 1. The Balaban J connectivity index is 1.79. The van der Waals surface area contributed by atoms with Gasteiger partial charge in [-0.25, -0.2) is 4.79 Å². The van der Waals surface area contributed by atoms with Crippen LogP contribution in [0.15, 0.2) is 66.7 Å². The van der Waals surface area contributed by atoms with Crippen LogP contribution in [-0.2, 0) is 24.3 Å². The molecule has 0 unspecified atom stereocenters. The molecule has 0 heterocycles. The molecule has 3 aromatic carbocycles. The third kappa shape index (κ3) is 6.09. The largest absolute Gasteiger partial charge is 0.496 e. The van der Waals surface area contributed by atoms with Gasteiger partial charge in [0, 0.05) is 18.7 Å². The third-order valence-electron chi connectivity index (χ3n) is 4.91. The lowest BCUT2D eigenvalue weighted by molar-refractivity contribution is -0.136. The van der Waals surface area contributed by atoms with Crippen LogP contribution in [0.5, 0.6) is 5.75 Å². The van der Waals surface area contributed by atoms with Crippen molar-refractivity contribution in [1.29, 1.82) is 0 Å². The summed E-state index contributed by atoms with van der Waals surface area (Å²) in [6.07, 6.45) is -0.0711.